The second-order valence-electron chi connectivity index (χ2n) is 8.22. The van der Waals surface area contributed by atoms with Crippen LogP contribution in [0, 0.1) is 12.4 Å². The Morgan fingerprint density at radius 1 is 1.05 bits per heavy atom. The largest absolute Gasteiger partial charge is 0.502 e. The highest BCUT2D eigenvalue weighted by Crippen LogP contribution is 2.37. The maximum atomic E-state index is 14.8. The zero-order valence-corrected chi connectivity index (χ0v) is 21.7. The third-order valence-corrected chi connectivity index (χ3v) is 6.49. The number of nitrogens with one attached hydrogen (secondary N) is 2. The standard InChI is InChI=1S/C27H23FN4O6S/c1-29-24-15-20-23(16-26(24)37-12-11-36-2)30-10-9-25(20)38-18-7-8-22(21(28)14-18)32-27(33)31-17-5-4-6-19(13-17)39(3,34)35/h4-10,13-16H,11-12H2,2-3H3,(H2,31,32,33). The average molecular weight is 551 g/mol. The summed E-state index contributed by atoms with van der Waals surface area (Å²) in [7, 11) is -1.91. The number of carbonyl (C=O) groups is 1. The van der Waals surface area contributed by atoms with E-state index in [-0.39, 0.29) is 34.3 Å². The van der Waals surface area contributed by atoms with Crippen molar-refractivity contribution < 1.29 is 31.8 Å². The molecule has 2 amide bonds. The Kier molecular flexibility index (Phi) is 8.24. The lowest BCUT2D eigenvalue weighted by molar-refractivity contribution is 0.147. The number of halogens is 1. The molecule has 0 aliphatic heterocycles. The van der Waals surface area contributed by atoms with Gasteiger partial charge in [0, 0.05) is 36.7 Å². The van der Waals surface area contributed by atoms with E-state index in [0.717, 1.165) is 12.3 Å². The van der Waals surface area contributed by atoms with Crippen LogP contribution >= 0.6 is 0 Å². The van der Waals surface area contributed by atoms with Gasteiger partial charge in [0.15, 0.2) is 9.84 Å². The molecule has 4 aromatic rings. The van der Waals surface area contributed by atoms with Crippen molar-refractivity contribution in [2.45, 2.75) is 4.90 Å². The summed E-state index contributed by atoms with van der Waals surface area (Å²) in [5.74, 6) is 0.0946. The van der Waals surface area contributed by atoms with Crippen molar-refractivity contribution in [1.82, 2.24) is 4.98 Å². The smallest absolute Gasteiger partial charge is 0.323 e. The second-order valence-corrected chi connectivity index (χ2v) is 10.2. The second kappa shape index (κ2) is 11.8. The Hall–Kier alpha value is -4.73. The van der Waals surface area contributed by atoms with Gasteiger partial charge in [-0.15, -0.1) is 0 Å². The van der Waals surface area contributed by atoms with Crippen LogP contribution in [0.25, 0.3) is 15.7 Å². The zero-order valence-electron chi connectivity index (χ0n) is 20.9. The molecule has 0 spiro atoms. The lowest BCUT2D eigenvalue weighted by atomic mass is 10.1. The van der Waals surface area contributed by atoms with E-state index in [1.807, 2.05) is 0 Å². The Morgan fingerprint density at radius 2 is 1.87 bits per heavy atom. The van der Waals surface area contributed by atoms with Crippen LogP contribution < -0.4 is 20.1 Å². The van der Waals surface area contributed by atoms with Gasteiger partial charge in [0.2, 0.25) is 5.69 Å². The molecule has 0 aliphatic rings. The summed E-state index contributed by atoms with van der Waals surface area (Å²) in [5.41, 5.74) is 0.885. The number of urea groups is 1. The first-order chi connectivity index (χ1) is 18.7. The van der Waals surface area contributed by atoms with Crippen molar-refractivity contribution in [2.75, 3.05) is 37.2 Å². The predicted octanol–water partition coefficient (Wildman–Crippen LogP) is 5.79. The van der Waals surface area contributed by atoms with E-state index >= 15 is 0 Å². The van der Waals surface area contributed by atoms with Gasteiger partial charge in [-0.25, -0.2) is 22.4 Å². The third kappa shape index (κ3) is 6.78. The van der Waals surface area contributed by atoms with Crippen LogP contribution in [0.4, 0.5) is 26.2 Å². The normalized spacial score (nSPS) is 11.0. The average Bonchev–Trinajstić information content (AvgIpc) is 2.90. The number of nitrogens with zero attached hydrogens (tertiary/aromatic N) is 2. The molecule has 0 bridgehead atoms. The van der Waals surface area contributed by atoms with Crippen molar-refractivity contribution >= 4 is 43.8 Å². The highest BCUT2D eigenvalue weighted by atomic mass is 32.2. The van der Waals surface area contributed by atoms with Crippen molar-refractivity contribution in [2.24, 2.45) is 0 Å². The molecular formula is C27H23FN4O6S. The quantitative estimate of drug-likeness (QED) is 0.200. The van der Waals surface area contributed by atoms with Gasteiger partial charge in [0.25, 0.3) is 0 Å². The molecule has 0 saturated carbocycles. The molecule has 3 aromatic carbocycles. The number of methoxy groups -OCH3 is 1. The van der Waals surface area contributed by atoms with Crippen molar-refractivity contribution in [3.05, 3.63) is 84.1 Å². The minimum atomic E-state index is -3.46. The Labute approximate surface area is 224 Å². The van der Waals surface area contributed by atoms with Gasteiger partial charge in [-0.05, 0) is 48.5 Å². The fourth-order valence-electron chi connectivity index (χ4n) is 3.54. The molecule has 1 heterocycles. The summed E-state index contributed by atoms with van der Waals surface area (Å²) >= 11 is 0. The van der Waals surface area contributed by atoms with Gasteiger partial charge in [0.05, 0.1) is 29.3 Å². The van der Waals surface area contributed by atoms with Crippen molar-refractivity contribution in [3.63, 3.8) is 0 Å². The number of hydrogen-bond acceptors (Lipinski definition) is 7. The molecule has 1 aromatic heterocycles. The summed E-state index contributed by atoms with van der Waals surface area (Å²) < 4.78 is 54.7. The monoisotopic (exact) mass is 550 g/mol. The van der Waals surface area contributed by atoms with E-state index in [1.54, 1.807) is 25.3 Å². The van der Waals surface area contributed by atoms with Gasteiger partial charge in [-0.1, -0.05) is 6.07 Å². The molecule has 0 unspecified atom stereocenters. The molecule has 0 fully saturated rings. The Balaban J connectivity index is 1.50. The maximum absolute atomic E-state index is 14.8. The number of pyridine rings is 1. The molecule has 4 rings (SSSR count). The highest BCUT2D eigenvalue weighted by molar-refractivity contribution is 7.90. The number of amides is 2. The lowest BCUT2D eigenvalue weighted by Crippen LogP contribution is -2.20. The molecule has 0 saturated heterocycles. The fraction of sp³-hybridized carbons (Fsp3) is 0.148. The van der Waals surface area contributed by atoms with Gasteiger partial charge in [-0.2, -0.15) is 0 Å². The van der Waals surface area contributed by atoms with Gasteiger partial charge >= 0.3 is 6.03 Å². The molecule has 0 atom stereocenters. The van der Waals surface area contributed by atoms with E-state index < -0.39 is 21.7 Å². The molecule has 0 aliphatic carbocycles. The zero-order chi connectivity index (χ0) is 28.0. The number of sulfone groups is 1. The number of rotatable bonds is 9. The number of hydrogen-bond donors (Lipinski definition) is 2. The molecule has 2 N–H and O–H groups in total. The molecule has 200 valence electrons. The number of carbonyl (C=O) groups excluding carboxylic acids is 1. The highest BCUT2D eigenvalue weighted by Gasteiger charge is 2.14. The summed E-state index contributed by atoms with van der Waals surface area (Å²) in [6.07, 6.45) is 2.57. The summed E-state index contributed by atoms with van der Waals surface area (Å²) in [4.78, 5) is 20.2. The van der Waals surface area contributed by atoms with Crippen LogP contribution in [0.2, 0.25) is 0 Å². The third-order valence-electron chi connectivity index (χ3n) is 5.38. The van der Waals surface area contributed by atoms with Crippen molar-refractivity contribution in [3.8, 4) is 17.2 Å². The number of aromatic nitrogens is 1. The molecule has 39 heavy (non-hydrogen) atoms. The molecule has 10 nitrogen and oxygen atoms in total. The number of benzene rings is 3. The van der Waals surface area contributed by atoms with E-state index in [4.69, 9.17) is 20.8 Å². The molecular weight excluding hydrogens is 527 g/mol. The molecule has 0 radical (unpaired) electrons. The van der Waals surface area contributed by atoms with Crippen LogP contribution in [0.3, 0.4) is 0 Å². The minimum Gasteiger partial charge on any atom is -0.502 e. The Morgan fingerprint density at radius 3 is 2.59 bits per heavy atom. The number of fused-ring (bicyclic) bond motifs is 1. The first-order valence-electron chi connectivity index (χ1n) is 11.5. The predicted molar refractivity (Wildman–Crippen MR) is 144 cm³/mol. The Bertz CT molecular complexity index is 1690. The lowest BCUT2D eigenvalue weighted by Gasteiger charge is -2.13. The van der Waals surface area contributed by atoms with Crippen LogP contribution in [0.15, 0.2) is 71.8 Å². The molecule has 12 heteroatoms. The van der Waals surface area contributed by atoms with Crippen LogP contribution in [0.1, 0.15) is 0 Å². The van der Waals surface area contributed by atoms with Gasteiger partial charge < -0.3 is 24.8 Å². The summed E-state index contributed by atoms with van der Waals surface area (Å²) in [6, 6.07) is 13.6. The summed E-state index contributed by atoms with van der Waals surface area (Å²) in [6.45, 7) is 8.12. The van der Waals surface area contributed by atoms with E-state index in [9.17, 15) is 17.6 Å². The van der Waals surface area contributed by atoms with Gasteiger partial charge in [0.1, 0.15) is 29.7 Å². The van der Waals surface area contributed by atoms with Crippen LogP contribution in [0.5, 0.6) is 17.2 Å². The van der Waals surface area contributed by atoms with E-state index in [1.165, 1.54) is 42.6 Å². The van der Waals surface area contributed by atoms with E-state index in [0.29, 0.717) is 29.0 Å². The first kappa shape index (κ1) is 27.3. The topological polar surface area (TPSA) is 120 Å². The maximum Gasteiger partial charge on any atom is 0.323 e. The van der Waals surface area contributed by atoms with E-state index in [2.05, 4.69) is 20.5 Å². The van der Waals surface area contributed by atoms with Crippen LogP contribution in [-0.4, -0.2) is 46.0 Å². The minimum absolute atomic E-state index is 0.0370. The number of ether oxygens (including phenoxy) is 3. The fourth-order valence-corrected chi connectivity index (χ4v) is 4.21. The van der Waals surface area contributed by atoms with Crippen LogP contribution in [-0.2, 0) is 14.6 Å². The SMILES string of the molecule is [C-]#[N+]c1cc2c(Oc3ccc(NC(=O)Nc4cccc(S(C)(=O)=O)c4)c(F)c3)ccnc2cc1OCCOC. The van der Waals surface area contributed by atoms with Gasteiger partial charge in [-0.3, -0.25) is 4.98 Å². The first-order valence-corrected chi connectivity index (χ1v) is 13.3. The number of anilines is 2. The summed E-state index contributed by atoms with van der Waals surface area (Å²) in [5, 5.41) is 5.39. The van der Waals surface area contributed by atoms with Crippen molar-refractivity contribution in [1.29, 1.82) is 0 Å².